The fraction of sp³-hybridized carbons (Fsp3) is 0.462. The molecule has 1 N–H and O–H groups in total. The second kappa shape index (κ2) is 4.92. The van der Waals surface area contributed by atoms with E-state index in [9.17, 15) is 0 Å². The van der Waals surface area contributed by atoms with Gasteiger partial charge in [0.25, 0.3) is 0 Å². The fourth-order valence-electron chi connectivity index (χ4n) is 1.62. The third-order valence-electron chi connectivity index (χ3n) is 2.35. The summed E-state index contributed by atoms with van der Waals surface area (Å²) in [6.07, 6.45) is 6.34. The molecule has 2 rings (SSSR count). The third-order valence-corrected chi connectivity index (χ3v) is 3.11. The van der Waals surface area contributed by atoms with E-state index >= 15 is 0 Å². The molecule has 2 heterocycles. The Labute approximate surface area is 106 Å². The molecule has 2 aromatic rings. The van der Waals surface area contributed by atoms with Gasteiger partial charge in [-0.1, -0.05) is 19.9 Å². The first-order valence-corrected chi connectivity index (χ1v) is 6.86. The maximum atomic E-state index is 4.63. The molecule has 0 aliphatic rings. The van der Waals surface area contributed by atoms with Gasteiger partial charge < -0.3 is 5.32 Å². The first-order chi connectivity index (χ1) is 8.08. The number of hydrogen-bond donors (Lipinski definition) is 1. The van der Waals surface area contributed by atoms with Crippen LogP contribution in [0.4, 0.5) is 5.82 Å². The zero-order valence-electron chi connectivity index (χ0n) is 10.8. The predicted molar refractivity (Wildman–Crippen MR) is 75.7 cm³/mol. The van der Waals surface area contributed by atoms with E-state index in [1.165, 1.54) is 0 Å². The summed E-state index contributed by atoms with van der Waals surface area (Å²) in [7, 11) is 0. The Morgan fingerprint density at radius 3 is 2.76 bits per heavy atom. The minimum atomic E-state index is 0.404. The van der Waals surface area contributed by atoms with E-state index in [0.29, 0.717) is 12.0 Å². The lowest BCUT2D eigenvalue weighted by atomic mass is 10.2. The molecule has 0 bridgehead atoms. The fourth-order valence-corrected chi connectivity index (χ4v) is 2.34. The van der Waals surface area contributed by atoms with Crippen molar-refractivity contribution < 1.29 is 0 Å². The van der Waals surface area contributed by atoms with Crippen LogP contribution in [0.15, 0.2) is 17.7 Å². The van der Waals surface area contributed by atoms with Crippen LogP contribution < -0.4 is 5.32 Å². The first kappa shape index (κ1) is 12.2. The van der Waals surface area contributed by atoms with Crippen LogP contribution in [0.5, 0.6) is 0 Å². The number of aromatic nitrogens is 2. The largest absolute Gasteiger partial charge is 0.367 e. The van der Waals surface area contributed by atoms with Crippen molar-refractivity contribution in [2.45, 2.75) is 33.7 Å². The average Bonchev–Trinajstić information content (AvgIpc) is 2.77. The van der Waals surface area contributed by atoms with Gasteiger partial charge >= 0.3 is 0 Å². The summed E-state index contributed by atoms with van der Waals surface area (Å²) in [5.74, 6) is 1.63. The summed E-state index contributed by atoms with van der Waals surface area (Å²) in [4.78, 5) is 5.67. The summed E-state index contributed by atoms with van der Waals surface area (Å²) in [6.45, 7) is 8.62. The normalized spacial score (nSPS) is 12.4. The van der Waals surface area contributed by atoms with Crippen LogP contribution in [0.3, 0.4) is 0 Å². The number of fused-ring (bicyclic) bond motifs is 1. The van der Waals surface area contributed by atoms with Gasteiger partial charge in [-0.05, 0) is 25.8 Å². The highest BCUT2D eigenvalue weighted by molar-refractivity contribution is 7.15. The maximum Gasteiger partial charge on any atom is 0.195 e. The Bertz CT molecular complexity index is 520. The number of anilines is 1. The van der Waals surface area contributed by atoms with Crippen molar-refractivity contribution in [3.8, 4) is 0 Å². The van der Waals surface area contributed by atoms with Gasteiger partial charge in [0.1, 0.15) is 11.5 Å². The zero-order valence-corrected chi connectivity index (χ0v) is 11.6. The molecule has 0 aliphatic heterocycles. The highest BCUT2D eigenvalue weighted by Crippen LogP contribution is 2.24. The lowest BCUT2D eigenvalue weighted by molar-refractivity contribution is 0.836. The van der Waals surface area contributed by atoms with E-state index in [4.69, 9.17) is 0 Å². The van der Waals surface area contributed by atoms with Crippen molar-refractivity contribution in [2.24, 2.45) is 5.92 Å². The van der Waals surface area contributed by atoms with Gasteiger partial charge in [-0.15, -0.1) is 11.3 Å². The van der Waals surface area contributed by atoms with E-state index in [0.717, 1.165) is 16.5 Å². The summed E-state index contributed by atoms with van der Waals surface area (Å²) in [5.41, 5.74) is 1.03. The number of imidazole rings is 1. The number of nitrogens with zero attached hydrogens (tertiary/aromatic N) is 2. The van der Waals surface area contributed by atoms with Crippen molar-refractivity contribution >= 4 is 28.2 Å². The number of allylic oxidation sites excluding steroid dienone is 1. The van der Waals surface area contributed by atoms with Gasteiger partial charge in [-0.3, -0.25) is 4.40 Å². The van der Waals surface area contributed by atoms with Crippen molar-refractivity contribution in [1.82, 2.24) is 9.38 Å². The Morgan fingerprint density at radius 2 is 2.12 bits per heavy atom. The topological polar surface area (TPSA) is 29.3 Å². The summed E-state index contributed by atoms with van der Waals surface area (Å²) in [5, 5.41) is 5.52. The summed E-state index contributed by atoms with van der Waals surface area (Å²) in [6, 6.07) is 0.404. The van der Waals surface area contributed by atoms with Gasteiger partial charge in [0.15, 0.2) is 4.96 Å². The number of nitrogens with one attached hydrogen (secondary N) is 1. The maximum absolute atomic E-state index is 4.63. The molecule has 17 heavy (non-hydrogen) atoms. The van der Waals surface area contributed by atoms with Crippen molar-refractivity contribution in [3.63, 3.8) is 0 Å². The SMILES string of the molecule is CC(C)/C=C/c1nc2sccn2c1NC(C)C. The minimum Gasteiger partial charge on any atom is -0.367 e. The molecular weight excluding hydrogens is 230 g/mol. The Morgan fingerprint density at radius 1 is 1.35 bits per heavy atom. The van der Waals surface area contributed by atoms with E-state index < -0.39 is 0 Å². The lowest BCUT2D eigenvalue weighted by Gasteiger charge is -2.09. The molecule has 0 atom stereocenters. The van der Waals surface area contributed by atoms with Crippen LogP contribution in [0.2, 0.25) is 0 Å². The number of rotatable bonds is 4. The van der Waals surface area contributed by atoms with Crippen LogP contribution in [-0.2, 0) is 0 Å². The summed E-state index contributed by atoms with van der Waals surface area (Å²) >= 11 is 1.66. The quantitative estimate of drug-likeness (QED) is 0.891. The Balaban J connectivity index is 2.42. The molecular formula is C13H19N3S. The Kier molecular flexibility index (Phi) is 3.52. The highest BCUT2D eigenvalue weighted by Gasteiger charge is 2.11. The average molecular weight is 249 g/mol. The second-order valence-electron chi connectivity index (χ2n) is 4.80. The van der Waals surface area contributed by atoms with Gasteiger partial charge in [0, 0.05) is 17.6 Å². The predicted octanol–water partition coefficient (Wildman–Crippen LogP) is 3.89. The van der Waals surface area contributed by atoms with E-state index in [1.54, 1.807) is 11.3 Å². The zero-order chi connectivity index (χ0) is 12.4. The molecule has 0 aliphatic carbocycles. The van der Waals surface area contributed by atoms with Gasteiger partial charge in [-0.25, -0.2) is 4.98 Å². The molecule has 2 aromatic heterocycles. The van der Waals surface area contributed by atoms with Gasteiger partial charge in [0.2, 0.25) is 0 Å². The monoisotopic (exact) mass is 249 g/mol. The van der Waals surface area contributed by atoms with Crippen LogP contribution in [0.1, 0.15) is 33.4 Å². The van der Waals surface area contributed by atoms with E-state index in [-0.39, 0.29) is 0 Å². The lowest BCUT2D eigenvalue weighted by Crippen LogP contribution is -2.12. The smallest absolute Gasteiger partial charge is 0.195 e. The molecule has 0 radical (unpaired) electrons. The molecule has 0 amide bonds. The molecule has 0 fully saturated rings. The second-order valence-corrected chi connectivity index (χ2v) is 5.68. The molecule has 0 spiro atoms. The standard InChI is InChI=1S/C13H19N3S/c1-9(2)5-6-11-12(14-10(3)4)16-7-8-17-13(16)15-11/h5-10,14H,1-4H3/b6-5+. The number of thiazole rings is 1. The van der Waals surface area contributed by atoms with Crippen molar-refractivity contribution in [1.29, 1.82) is 0 Å². The van der Waals surface area contributed by atoms with Crippen LogP contribution in [-0.4, -0.2) is 15.4 Å². The highest BCUT2D eigenvalue weighted by atomic mass is 32.1. The molecule has 0 saturated carbocycles. The van der Waals surface area contributed by atoms with Crippen LogP contribution in [0.25, 0.3) is 11.0 Å². The van der Waals surface area contributed by atoms with E-state index in [1.807, 2.05) is 0 Å². The Hall–Kier alpha value is -1.29. The molecule has 0 aromatic carbocycles. The molecule has 3 nitrogen and oxygen atoms in total. The third kappa shape index (κ3) is 2.69. The van der Waals surface area contributed by atoms with Gasteiger partial charge in [0.05, 0.1) is 0 Å². The minimum absolute atomic E-state index is 0.404. The molecule has 4 heteroatoms. The van der Waals surface area contributed by atoms with Crippen LogP contribution >= 0.6 is 11.3 Å². The van der Waals surface area contributed by atoms with Crippen molar-refractivity contribution in [3.05, 3.63) is 23.3 Å². The molecule has 92 valence electrons. The van der Waals surface area contributed by atoms with Crippen molar-refractivity contribution in [2.75, 3.05) is 5.32 Å². The van der Waals surface area contributed by atoms with Gasteiger partial charge in [-0.2, -0.15) is 0 Å². The van der Waals surface area contributed by atoms with E-state index in [2.05, 4.69) is 66.1 Å². The summed E-state index contributed by atoms with van der Waals surface area (Å²) < 4.78 is 2.12. The first-order valence-electron chi connectivity index (χ1n) is 5.98. The number of hydrogen-bond acceptors (Lipinski definition) is 3. The van der Waals surface area contributed by atoms with Crippen LogP contribution in [0, 0.1) is 5.92 Å². The molecule has 0 saturated heterocycles. The molecule has 0 unspecified atom stereocenters.